The lowest BCUT2D eigenvalue weighted by Crippen LogP contribution is -2.13. The van der Waals surface area contributed by atoms with E-state index in [-0.39, 0.29) is 29.5 Å². The molecule has 4 rings (SSSR count). The predicted octanol–water partition coefficient (Wildman–Crippen LogP) is 4.64. The molecule has 0 spiro atoms. The minimum Gasteiger partial charge on any atom is -0.440 e. The molecule has 3 aromatic rings. The molecule has 1 saturated carbocycles. The molecule has 1 heterocycles. The lowest BCUT2D eigenvalue weighted by molar-refractivity contribution is 0.266. The van der Waals surface area contributed by atoms with Gasteiger partial charge in [-0.25, -0.2) is 22.9 Å². The van der Waals surface area contributed by atoms with Crippen LogP contribution in [0.3, 0.4) is 0 Å². The van der Waals surface area contributed by atoms with Gasteiger partial charge in [-0.1, -0.05) is 64.1 Å². The molecule has 2 aromatic carbocycles. The Morgan fingerprint density at radius 2 is 1.45 bits per heavy atom. The Labute approximate surface area is 232 Å². The predicted molar refractivity (Wildman–Crippen MR) is 152 cm³/mol. The molecular weight excluding hydrogens is 555 g/mol. The maximum absolute atomic E-state index is 13.4. The van der Waals surface area contributed by atoms with E-state index in [4.69, 9.17) is 24.1 Å². The van der Waals surface area contributed by atoms with Crippen LogP contribution in [0.5, 0.6) is 0 Å². The molecule has 38 heavy (non-hydrogen) atoms. The zero-order valence-corrected chi connectivity index (χ0v) is 22.2. The van der Waals surface area contributed by atoms with E-state index < -0.39 is 20.5 Å². The molecule has 1 aliphatic rings. The van der Waals surface area contributed by atoms with Gasteiger partial charge in [-0.3, -0.25) is 9.59 Å². The summed E-state index contributed by atoms with van der Waals surface area (Å²) in [5.74, 6) is 0.782. The highest BCUT2D eigenvalue weighted by Crippen LogP contribution is 2.40. The second-order valence-electron chi connectivity index (χ2n) is 7.79. The Bertz CT molecular complexity index is 1270. The number of nitrogens with two attached hydrogens (primary N) is 3. The minimum atomic E-state index is -3.95. The quantitative estimate of drug-likeness (QED) is 0.274. The van der Waals surface area contributed by atoms with Crippen molar-refractivity contribution < 1.29 is 32.3 Å². The first-order chi connectivity index (χ1) is 16.9. The number of amides is 2. The summed E-state index contributed by atoms with van der Waals surface area (Å²) in [6, 6.07) is 12.3. The van der Waals surface area contributed by atoms with Crippen molar-refractivity contribution in [3.8, 4) is 22.6 Å². The number of thiol groups is 2. The third-order valence-corrected chi connectivity index (χ3v) is 6.12. The summed E-state index contributed by atoms with van der Waals surface area (Å²) in [4.78, 5) is 22.9. The number of benzene rings is 2. The molecule has 8 N–H and O–H groups in total. The molecule has 210 valence electrons. The normalized spacial score (nSPS) is 12.8. The van der Waals surface area contributed by atoms with Gasteiger partial charge in [0.2, 0.25) is 10.0 Å². The number of oxazole rings is 1. The highest BCUT2D eigenvalue weighted by Gasteiger charge is 2.27. The second kappa shape index (κ2) is 16.1. The van der Waals surface area contributed by atoms with E-state index in [1.54, 1.807) is 30.3 Å². The zero-order chi connectivity index (χ0) is 26.9. The van der Waals surface area contributed by atoms with E-state index in [2.05, 4.69) is 36.7 Å². The molecule has 0 aliphatic heterocycles. The van der Waals surface area contributed by atoms with Crippen LogP contribution in [0.15, 0.2) is 57.8 Å². The minimum absolute atomic E-state index is 0. The Balaban J connectivity index is 0.00000121. The number of carbonyl (C=O) groups excluding carboxylic acids is 2. The summed E-state index contributed by atoms with van der Waals surface area (Å²) >= 11 is 6.21. The van der Waals surface area contributed by atoms with E-state index in [1.165, 1.54) is 24.6 Å². The fourth-order valence-corrected chi connectivity index (χ4v) is 4.48. The van der Waals surface area contributed by atoms with Crippen LogP contribution in [0, 0.1) is 5.82 Å². The molecule has 0 radical (unpaired) electrons. The fraction of sp³-hybridized carbons (Fsp3) is 0.292. The van der Waals surface area contributed by atoms with E-state index >= 15 is 0 Å². The van der Waals surface area contributed by atoms with Crippen molar-refractivity contribution in [2.75, 3.05) is 0 Å². The zero-order valence-electron chi connectivity index (χ0n) is 19.6. The SMILES string of the molecule is C.NC(=O)S.NC(=O)S.NS(=O)(=O)c1ccccc1-c1oc(C2CCCCC2)nc1-c1ccc(F)cc1.O. The van der Waals surface area contributed by atoms with Crippen molar-refractivity contribution in [2.24, 2.45) is 16.6 Å². The van der Waals surface area contributed by atoms with Gasteiger partial charge < -0.3 is 21.4 Å². The van der Waals surface area contributed by atoms with Crippen LogP contribution < -0.4 is 16.6 Å². The van der Waals surface area contributed by atoms with Crippen molar-refractivity contribution >= 4 is 45.8 Å². The number of primary amides is 2. The molecule has 0 saturated heterocycles. The number of carbonyl (C=O) groups is 2. The Morgan fingerprint density at radius 1 is 0.947 bits per heavy atom. The van der Waals surface area contributed by atoms with E-state index in [0.717, 1.165) is 25.7 Å². The highest BCUT2D eigenvalue weighted by atomic mass is 32.2. The number of sulfonamides is 1. The van der Waals surface area contributed by atoms with Gasteiger partial charge in [0.05, 0.1) is 4.90 Å². The van der Waals surface area contributed by atoms with Crippen LogP contribution in [-0.2, 0) is 10.0 Å². The molecule has 1 fully saturated rings. The molecule has 1 aromatic heterocycles. The van der Waals surface area contributed by atoms with Gasteiger partial charge in [0.15, 0.2) is 11.7 Å². The third kappa shape index (κ3) is 10.8. The van der Waals surface area contributed by atoms with Gasteiger partial charge in [0.25, 0.3) is 10.5 Å². The molecule has 0 bridgehead atoms. The molecule has 10 nitrogen and oxygen atoms in total. The molecule has 2 amide bonds. The summed E-state index contributed by atoms with van der Waals surface area (Å²) in [6.45, 7) is 0. The van der Waals surface area contributed by atoms with Crippen molar-refractivity contribution in [2.45, 2.75) is 50.3 Å². The lowest BCUT2D eigenvalue weighted by atomic mass is 9.89. The van der Waals surface area contributed by atoms with Crippen LogP contribution >= 0.6 is 25.3 Å². The number of nitrogens with zero attached hydrogens (tertiary/aromatic N) is 1. The van der Waals surface area contributed by atoms with Crippen LogP contribution in [0.1, 0.15) is 51.3 Å². The highest BCUT2D eigenvalue weighted by molar-refractivity contribution is 7.96. The van der Waals surface area contributed by atoms with E-state index in [9.17, 15) is 12.8 Å². The number of hydrogen-bond acceptors (Lipinski definition) is 6. The van der Waals surface area contributed by atoms with Gasteiger partial charge in [-0.2, -0.15) is 0 Å². The Morgan fingerprint density at radius 3 is 1.95 bits per heavy atom. The standard InChI is InChI=1S/C21H21FN2O3S.2CH3NOS.CH4.H2O/c22-16-12-10-14(11-13-16)19-20(17-8-4-5-9-18(17)28(23,25)26)27-21(24-19)15-6-2-1-3-7-15;2*2-1(3)4;;/h4-5,8-13,15H,1-3,6-7H2,(H2,23,25,26);2*(H3,2,3,4);1H4;1H2. The number of halogens is 1. The van der Waals surface area contributed by atoms with Crippen molar-refractivity contribution in [3.05, 3.63) is 60.2 Å². The van der Waals surface area contributed by atoms with Crippen molar-refractivity contribution in [1.82, 2.24) is 4.98 Å². The first-order valence-electron chi connectivity index (χ1n) is 10.8. The van der Waals surface area contributed by atoms with Crippen LogP contribution in [0.25, 0.3) is 22.6 Å². The van der Waals surface area contributed by atoms with Crippen molar-refractivity contribution in [1.29, 1.82) is 0 Å². The number of hydrogen-bond donors (Lipinski definition) is 5. The van der Waals surface area contributed by atoms with Gasteiger partial charge in [0.1, 0.15) is 11.5 Å². The summed E-state index contributed by atoms with van der Waals surface area (Å²) in [6.07, 6.45) is 5.40. The molecule has 1 aliphatic carbocycles. The summed E-state index contributed by atoms with van der Waals surface area (Å²) in [5, 5.41) is 4.14. The van der Waals surface area contributed by atoms with Crippen LogP contribution in [0.2, 0.25) is 0 Å². The lowest BCUT2D eigenvalue weighted by Gasteiger charge is -2.18. The first-order valence-corrected chi connectivity index (χ1v) is 13.2. The largest absolute Gasteiger partial charge is 0.440 e. The molecule has 0 unspecified atom stereocenters. The smallest absolute Gasteiger partial charge is 0.273 e. The number of primary sulfonamides is 1. The van der Waals surface area contributed by atoms with Gasteiger partial charge in [0, 0.05) is 17.0 Å². The maximum Gasteiger partial charge on any atom is 0.273 e. The number of rotatable bonds is 4. The fourth-order valence-electron chi connectivity index (χ4n) is 3.75. The summed E-state index contributed by atoms with van der Waals surface area (Å²) in [7, 11) is -3.95. The van der Waals surface area contributed by atoms with Gasteiger partial charge in [-0.15, -0.1) is 0 Å². The van der Waals surface area contributed by atoms with Crippen LogP contribution in [-0.4, -0.2) is 29.4 Å². The van der Waals surface area contributed by atoms with Gasteiger partial charge in [-0.05, 0) is 49.2 Å². The van der Waals surface area contributed by atoms with E-state index in [1.807, 2.05) is 0 Å². The molecular formula is C24H33FN4O6S3. The van der Waals surface area contributed by atoms with Gasteiger partial charge >= 0.3 is 0 Å². The molecule has 14 heteroatoms. The van der Waals surface area contributed by atoms with E-state index in [0.29, 0.717) is 28.5 Å². The average molecular weight is 589 g/mol. The average Bonchev–Trinajstić information content (AvgIpc) is 3.24. The summed E-state index contributed by atoms with van der Waals surface area (Å²) < 4.78 is 43.7. The Hall–Kier alpha value is -2.91. The Kier molecular flexibility index (Phi) is 14.9. The van der Waals surface area contributed by atoms with Crippen LogP contribution in [0.4, 0.5) is 14.0 Å². The first kappa shape index (κ1) is 35.1. The maximum atomic E-state index is 13.4. The summed E-state index contributed by atoms with van der Waals surface area (Å²) in [5.41, 5.74) is 10.2. The topological polar surface area (TPSA) is 204 Å². The van der Waals surface area contributed by atoms with Crippen molar-refractivity contribution in [3.63, 3.8) is 0 Å². The molecule has 0 atom stereocenters. The third-order valence-electron chi connectivity index (χ3n) is 5.15. The second-order valence-corrected chi connectivity index (χ2v) is 10.2. The number of aromatic nitrogens is 1. The monoisotopic (exact) mass is 588 g/mol.